The van der Waals surface area contributed by atoms with E-state index in [1.807, 2.05) is 0 Å². The van der Waals surface area contributed by atoms with Crippen molar-refractivity contribution in [2.24, 2.45) is 0 Å². The maximum atomic E-state index is 10.8. The van der Waals surface area contributed by atoms with E-state index >= 15 is 0 Å². The molecule has 0 fully saturated rings. The highest BCUT2D eigenvalue weighted by Gasteiger charge is 2.13. The molecule has 0 saturated heterocycles. The Kier molecular flexibility index (Phi) is 3.19. The van der Waals surface area contributed by atoms with Crippen LogP contribution in [0.5, 0.6) is 0 Å². The number of rotatable bonds is 2. The van der Waals surface area contributed by atoms with E-state index in [0.29, 0.717) is 21.4 Å². The number of carbonyl (C=O) groups excluding carboxylic acids is 1. The molecule has 16 heavy (non-hydrogen) atoms. The highest BCUT2D eigenvalue weighted by Crippen LogP contribution is 2.30. The van der Waals surface area contributed by atoms with Crippen LogP contribution in [0.1, 0.15) is 10.5 Å². The summed E-state index contributed by atoms with van der Waals surface area (Å²) in [5, 5.41) is 3.76. The lowest BCUT2D eigenvalue weighted by Gasteiger charge is -1.99. The largest absolute Gasteiger partial charge is 0.355 e. The summed E-state index contributed by atoms with van der Waals surface area (Å²) < 4.78 is 4.95. The summed E-state index contributed by atoms with van der Waals surface area (Å²) >= 11 is 17.0. The van der Waals surface area contributed by atoms with Crippen LogP contribution >= 0.6 is 34.8 Å². The Labute approximate surface area is 106 Å². The quantitative estimate of drug-likeness (QED) is 0.778. The lowest BCUT2D eigenvalue weighted by atomic mass is 10.1. The monoisotopic (exact) mass is 275 g/mol. The van der Waals surface area contributed by atoms with Crippen molar-refractivity contribution in [3.8, 4) is 11.3 Å². The zero-order valence-electron chi connectivity index (χ0n) is 7.71. The zero-order chi connectivity index (χ0) is 11.7. The molecule has 0 saturated carbocycles. The predicted molar refractivity (Wildman–Crippen MR) is 62.1 cm³/mol. The second kappa shape index (κ2) is 4.45. The molecule has 0 unspecified atom stereocenters. The first-order valence-electron chi connectivity index (χ1n) is 4.20. The summed E-state index contributed by atoms with van der Waals surface area (Å²) in [7, 11) is 0. The van der Waals surface area contributed by atoms with Crippen LogP contribution in [0, 0.1) is 0 Å². The Balaban J connectivity index is 2.46. The van der Waals surface area contributed by atoms with Gasteiger partial charge >= 0.3 is 0 Å². The highest BCUT2D eigenvalue weighted by atomic mass is 35.5. The second-order valence-corrected chi connectivity index (χ2v) is 4.16. The van der Waals surface area contributed by atoms with Gasteiger partial charge in [-0.15, -0.1) is 0 Å². The van der Waals surface area contributed by atoms with Gasteiger partial charge in [0.1, 0.15) is 0 Å². The van der Waals surface area contributed by atoms with Crippen molar-refractivity contribution >= 4 is 40.0 Å². The van der Waals surface area contributed by atoms with Gasteiger partial charge in [0.05, 0.1) is 5.02 Å². The molecule has 1 aromatic heterocycles. The minimum Gasteiger partial charge on any atom is -0.355 e. The molecule has 0 radical (unpaired) electrons. The summed E-state index contributed by atoms with van der Waals surface area (Å²) in [6.07, 6.45) is 0. The number of benzene rings is 1. The first-order chi connectivity index (χ1) is 7.58. The number of halogens is 3. The molecule has 0 aliphatic rings. The van der Waals surface area contributed by atoms with Gasteiger partial charge in [-0.1, -0.05) is 28.4 Å². The van der Waals surface area contributed by atoms with Crippen LogP contribution in [-0.2, 0) is 0 Å². The van der Waals surface area contributed by atoms with Crippen molar-refractivity contribution in [1.29, 1.82) is 0 Å². The summed E-state index contributed by atoms with van der Waals surface area (Å²) in [5.41, 5.74) is 0.644. The fraction of sp³-hybridized carbons (Fsp3) is 0. The molecule has 0 amide bonds. The number of nitrogens with zero attached hydrogens (tertiary/aromatic N) is 1. The van der Waals surface area contributed by atoms with Crippen molar-refractivity contribution in [2.75, 3.05) is 0 Å². The highest BCUT2D eigenvalue weighted by molar-refractivity contribution is 6.67. The Bertz CT molecular complexity index is 551. The van der Waals surface area contributed by atoms with Gasteiger partial charge < -0.3 is 4.52 Å². The zero-order valence-corrected chi connectivity index (χ0v) is 9.97. The maximum absolute atomic E-state index is 10.8. The summed E-state index contributed by atoms with van der Waals surface area (Å²) in [6.45, 7) is 0. The lowest BCUT2D eigenvalue weighted by molar-refractivity contribution is 0.107. The molecule has 2 rings (SSSR count). The number of hydrogen-bond acceptors (Lipinski definition) is 3. The van der Waals surface area contributed by atoms with Crippen molar-refractivity contribution < 1.29 is 9.32 Å². The van der Waals surface area contributed by atoms with E-state index in [9.17, 15) is 4.79 Å². The topological polar surface area (TPSA) is 43.1 Å². The van der Waals surface area contributed by atoms with Crippen molar-refractivity contribution in [3.05, 3.63) is 40.0 Å². The predicted octanol–water partition coefficient (Wildman–Crippen LogP) is 4.03. The third-order valence-electron chi connectivity index (χ3n) is 1.91. The van der Waals surface area contributed by atoms with Gasteiger partial charge in [0.15, 0.2) is 11.5 Å². The summed E-state index contributed by atoms with van der Waals surface area (Å²) in [5.74, 6) is 0.366. The molecule has 3 nitrogen and oxygen atoms in total. The molecule has 1 aromatic carbocycles. The molecule has 0 aliphatic carbocycles. The SMILES string of the molecule is O=C(Cl)c1cc(-c2ccc(Cl)cc2Cl)on1. The van der Waals surface area contributed by atoms with Crippen LogP contribution in [0.2, 0.25) is 10.0 Å². The van der Waals surface area contributed by atoms with E-state index < -0.39 is 5.24 Å². The average Bonchev–Trinajstić information content (AvgIpc) is 2.66. The Morgan fingerprint density at radius 1 is 1.25 bits per heavy atom. The summed E-state index contributed by atoms with van der Waals surface area (Å²) in [6, 6.07) is 6.33. The Hall–Kier alpha value is -1.03. The van der Waals surface area contributed by atoms with Crippen LogP contribution in [0.15, 0.2) is 28.8 Å². The molecule has 0 bridgehead atoms. The Morgan fingerprint density at radius 3 is 2.56 bits per heavy atom. The minimum absolute atomic E-state index is 0.0442. The Morgan fingerprint density at radius 2 is 2.00 bits per heavy atom. The van der Waals surface area contributed by atoms with Crippen LogP contribution in [0.3, 0.4) is 0 Å². The van der Waals surface area contributed by atoms with E-state index in [1.165, 1.54) is 6.07 Å². The second-order valence-electron chi connectivity index (χ2n) is 2.97. The molecular weight excluding hydrogens is 272 g/mol. The third kappa shape index (κ3) is 2.21. The molecule has 0 N–H and O–H groups in total. The maximum Gasteiger partial charge on any atom is 0.274 e. The van der Waals surface area contributed by atoms with Gasteiger partial charge in [-0.25, -0.2) is 0 Å². The van der Waals surface area contributed by atoms with Gasteiger partial charge in [0.25, 0.3) is 5.24 Å². The number of aromatic nitrogens is 1. The fourth-order valence-corrected chi connectivity index (χ4v) is 1.77. The number of hydrogen-bond donors (Lipinski definition) is 0. The average molecular weight is 277 g/mol. The van der Waals surface area contributed by atoms with E-state index in [0.717, 1.165) is 0 Å². The van der Waals surface area contributed by atoms with Gasteiger partial charge in [-0.3, -0.25) is 4.79 Å². The molecule has 0 aliphatic heterocycles. The van der Waals surface area contributed by atoms with Crippen molar-refractivity contribution in [3.63, 3.8) is 0 Å². The normalized spacial score (nSPS) is 10.4. The number of carbonyl (C=O) groups is 1. The fourth-order valence-electron chi connectivity index (χ4n) is 1.18. The van der Waals surface area contributed by atoms with Gasteiger partial charge in [-0.2, -0.15) is 0 Å². The molecular formula is C10H4Cl3NO2. The van der Waals surface area contributed by atoms with Crippen molar-refractivity contribution in [1.82, 2.24) is 5.16 Å². The third-order valence-corrected chi connectivity index (χ3v) is 2.65. The van der Waals surface area contributed by atoms with Gasteiger partial charge in [0.2, 0.25) is 0 Å². The lowest BCUT2D eigenvalue weighted by Crippen LogP contribution is -1.85. The van der Waals surface area contributed by atoms with Crippen LogP contribution < -0.4 is 0 Å². The molecule has 0 atom stereocenters. The summed E-state index contributed by atoms with van der Waals surface area (Å²) in [4.78, 5) is 10.8. The van der Waals surface area contributed by atoms with Crippen LogP contribution in [0.25, 0.3) is 11.3 Å². The molecule has 1 heterocycles. The van der Waals surface area contributed by atoms with E-state index in [-0.39, 0.29) is 5.69 Å². The molecule has 6 heteroatoms. The van der Waals surface area contributed by atoms with Crippen molar-refractivity contribution in [2.45, 2.75) is 0 Å². The van der Waals surface area contributed by atoms with E-state index in [4.69, 9.17) is 39.3 Å². The van der Waals surface area contributed by atoms with Gasteiger partial charge in [-0.05, 0) is 29.8 Å². The first-order valence-corrected chi connectivity index (χ1v) is 5.33. The van der Waals surface area contributed by atoms with E-state index in [1.54, 1.807) is 18.2 Å². The molecule has 2 aromatic rings. The standard InChI is InChI=1S/C10H4Cl3NO2/c11-5-1-2-6(7(12)3-5)9-4-8(10(13)15)14-16-9/h1-4H. The smallest absolute Gasteiger partial charge is 0.274 e. The van der Waals surface area contributed by atoms with Gasteiger partial charge in [0, 0.05) is 16.7 Å². The molecule has 0 spiro atoms. The first kappa shape index (κ1) is 11.5. The van der Waals surface area contributed by atoms with Crippen LogP contribution in [0.4, 0.5) is 0 Å². The molecule has 82 valence electrons. The minimum atomic E-state index is -0.680. The van der Waals surface area contributed by atoms with E-state index in [2.05, 4.69) is 5.16 Å². The van der Waals surface area contributed by atoms with Crippen LogP contribution in [-0.4, -0.2) is 10.4 Å².